The van der Waals surface area contributed by atoms with Gasteiger partial charge in [0.15, 0.2) is 0 Å². The van der Waals surface area contributed by atoms with Crippen molar-refractivity contribution in [3.8, 4) is 0 Å². The maximum absolute atomic E-state index is 14.3. The van der Waals surface area contributed by atoms with E-state index < -0.39 is 47.7 Å². The van der Waals surface area contributed by atoms with Gasteiger partial charge in [0.1, 0.15) is 12.1 Å². The third kappa shape index (κ3) is 10.7. The topological polar surface area (TPSA) is 156 Å². The Balaban J connectivity index is 1.14. The molecule has 0 radical (unpaired) electrons. The highest BCUT2D eigenvalue weighted by Gasteiger charge is 2.34. The van der Waals surface area contributed by atoms with Crippen LogP contribution in [0.15, 0.2) is 91.1 Å². The Morgan fingerprint density at radius 1 is 0.649 bits per heavy atom. The molecule has 5 amide bonds. The van der Waals surface area contributed by atoms with Crippen molar-refractivity contribution < 1.29 is 24.0 Å². The molecule has 0 aliphatic carbocycles. The second-order valence-corrected chi connectivity index (χ2v) is 15.9. The second kappa shape index (κ2) is 19.1. The van der Waals surface area contributed by atoms with Gasteiger partial charge in [0.25, 0.3) is 0 Å². The minimum absolute atomic E-state index is 0.0716. The smallest absolute Gasteiger partial charge is 0.243 e. The van der Waals surface area contributed by atoms with Gasteiger partial charge in [-0.2, -0.15) is 0 Å². The summed E-state index contributed by atoms with van der Waals surface area (Å²) in [5.41, 5.74) is 3.52. The van der Waals surface area contributed by atoms with Crippen molar-refractivity contribution >= 4 is 40.4 Å². The van der Waals surface area contributed by atoms with Gasteiger partial charge in [0, 0.05) is 68.5 Å². The number of piperidine rings is 2. The zero-order chi connectivity index (χ0) is 39.6. The van der Waals surface area contributed by atoms with E-state index in [4.69, 9.17) is 0 Å². The molecule has 3 fully saturated rings. The molecule has 5 N–H and O–H groups in total. The number of para-hydroxylation sites is 1. The van der Waals surface area contributed by atoms with E-state index in [1.165, 1.54) is 19.3 Å². The Kier molecular flexibility index (Phi) is 13.3. The van der Waals surface area contributed by atoms with E-state index >= 15 is 0 Å². The summed E-state index contributed by atoms with van der Waals surface area (Å²) in [5.74, 6) is -3.02. The van der Waals surface area contributed by atoms with Crippen LogP contribution < -0.4 is 21.3 Å². The maximum Gasteiger partial charge on any atom is 0.243 e. The van der Waals surface area contributed by atoms with E-state index in [-0.39, 0.29) is 38.1 Å². The largest absolute Gasteiger partial charge is 0.361 e. The number of amides is 5. The predicted molar refractivity (Wildman–Crippen MR) is 219 cm³/mol. The van der Waals surface area contributed by atoms with Gasteiger partial charge in [-0.05, 0) is 68.0 Å². The van der Waals surface area contributed by atoms with Gasteiger partial charge in [0.05, 0.1) is 12.0 Å². The lowest BCUT2D eigenvalue weighted by Gasteiger charge is -2.40. The SMILES string of the molecule is O=C1C[C@H](CC(=O)N2CCC(N3CCCCC3)CC2)C(=O)NC[C@@H](Cc2ccccc2)NC(=O)[C@@H](Cc2ccccc2)NC(=O)[C@H](Cc2c[nH]c3ccccc23)N1. The lowest BCUT2D eigenvalue weighted by Crippen LogP contribution is -2.58. The summed E-state index contributed by atoms with van der Waals surface area (Å²) in [6, 6.07) is 24.7. The van der Waals surface area contributed by atoms with Crippen LogP contribution in [-0.4, -0.2) is 101 Å². The Morgan fingerprint density at radius 3 is 2.00 bits per heavy atom. The fraction of sp³-hybridized carbons (Fsp3) is 0.444. The molecule has 7 rings (SSSR count). The minimum atomic E-state index is -1.07. The normalized spacial score (nSPS) is 23.5. The van der Waals surface area contributed by atoms with Crippen LogP contribution >= 0.6 is 0 Å². The van der Waals surface area contributed by atoms with Gasteiger partial charge in [0.2, 0.25) is 29.5 Å². The number of fused-ring (bicyclic) bond motifs is 1. The van der Waals surface area contributed by atoms with Crippen molar-refractivity contribution in [2.45, 2.75) is 88.4 Å². The molecule has 3 saturated heterocycles. The molecule has 4 atom stereocenters. The molecule has 57 heavy (non-hydrogen) atoms. The molecule has 4 heterocycles. The first-order valence-corrected chi connectivity index (χ1v) is 20.6. The fourth-order valence-corrected chi connectivity index (χ4v) is 8.64. The summed E-state index contributed by atoms with van der Waals surface area (Å²) in [6.45, 7) is 3.51. The molecule has 3 aliphatic heterocycles. The van der Waals surface area contributed by atoms with Crippen LogP contribution in [0.3, 0.4) is 0 Å². The third-order valence-electron chi connectivity index (χ3n) is 11.8. The number of aromatic amines is 1. The number of nitrogens with one attached hydrogen (secondary N) is 5. The molecular formula is C45H55N7O5. The summed E-state index contributed by atoms with van der Waals surface area (Å²) < 4.78 is 0. The zero-order valence-corrected chi connectivity index (χ0v) is 32.6. The first-order chi connectivity index (χ1) is 27.8. The van der Waals surface area contributed by atoms with Crippen molar-refractivity contribution in [2.24, 2.45) is 5.92 Å². The third-order valence-corrected chi connectivity index (χ3v) is 11.8. The van der Waals surface area contributed by atoms with Crippen LogP contribution in [0.5, 0.6) is 0 Å². The van der Waals surface area contributed by atoms with Gasteiger partial charge in [-0.25, -0.2) is 0 Å². The van der Waals surface area contributed by atoms with Crippen molar-refractivity contribution in [1.82, 2.24) is 36.1 Å². The summed E-state index contributed by atoms with van der Waals surface area (Å²) in [4.78, 5) is 78.1. The van der Waals surface area contributed by atoms with Gasteiger partial charge in [-0.1, -0.05) is 85.3 Å². The van der Waals surface area contributed by atoms with Gasteiger partial charge in [-0.15, -0.1) is 0 Å². The van der Waals surface area contributed by atoms with E-state index in [1.807, 2.05) is 96.0 Å². The van der Waals surface area contributed by atoms with Gasteiger partial charge in [-0.3, -0.25) is 24.0 Å². The van der Waals surface area contributed by atoms with Crippen LogP contribution in [0, 0.1) is 5.92 Å². The molecule has 0 spiro atoms. The van der Waals surface area contributed by atoms with E-state index in [0.717, 1.165) is 53.5 Å². The van der Waals surface area contributed by atoms with Crippen molar-refractivity contribution in [3.63, 3.8) is 0 Å². The van der Waals surface area contributed by atoms with Crippen LogP contribution in [0.25, 0.3) is 10.9 Å². The Morgan fingerprint density at radius 2 is 1.28 bits per heavy atom. The molecule has 4 aromatic rings. The molecule has 12 heteroatoms. The molecule has 0 unspecified atom stereocenters. The number of hydrogen-bond donors (Lipinski definition) is 5. The second-order valence-electron chi connectivity index (χ2n) is 15.9. The molecular weight excluding hydrogens is 719 g/mol. The number of nitrogens with zero attached hydrogens (tertiary/aromatic N) is 2. The minimum Gasteiger partial charge on any atom is -0.361 e. The van der Waals surface area contributed by atoms with Crippen LogP contribution in [0.2, 0.25) is 0 Å². The summed E-state index contributed by atoms with van der Waals surface area (Å²) in [5, 5.41) is 12.9. The molecule has 3 aliphatic rings. The van der Waals surface area contributed by atoms with E-state index in [9.17, 15) is 24.0 Å². The van der Waals surface area contributed by atoms with E-state index in [2.05, 4.69) is 31.2 Å². The maximum atomic E-state index is 14.3. The Hall–Kier alpha value is -5.49. The number of benzene rings is 3. The first-order valence-electron chi connectivity index (χ1n) is 20.6. The number of rotatable bonds is 9. The van der Waals surface area contributed by atoms with Crippen LogP contribution in [0.1, 0.15) is 61.6 Å². The summed E-state index contributed by atoms with van der Waals surface area (Å²) >= 11 is 0. The standard InChI is InChI=1S/C45H55N7O5/c53-41-27-33(28-42(54)52-22-18-36(19-23-52)51-20-10-3-11-21-51)43(55)47-30-35(24-31-12-4-1-5-13-31)48-44(56)39(25-32-14-6-2-7-15-32)50-45(57)40(49-41)26-34-29-46-38-17-9-8-16-37(34)38/h1-2,4-9,12-17,29,33,35-36,39-40,46H,3,10-11,18-28,30H2,(H,47,55)(H,48,56)(H,49,53)(H,50,57)/t33-,35-,39-,40+/m1/s1. The van der Waals surface area contributed by atoms with Gasteiger partial charge >= 0.3 is 0 Å². The molecule has 12 nitrogen and oxygen atoms in total. The summed E-state index contributed by atoms with van der Waals surface area (Å²) in [6.07, 6.45) is 7.66. The Labute approximate surface area is 334 Å². The number of carbonyl (C=O) groups excluding carboxylic acids is 5. The van der Waals surface area contributed by atoms with Crippen LogP contribution in [0.4, 0.5) is 0 Å². The fourth-order valence-electron chi connectivity index (χ4n) is 8.64. The molecule has 300 valence electrons. The predicted octanol–water partition coefficient (Wildman–Crippen LogP) is 3.65. The number of H-pyrrole nitrogens is 1. The monoisotopic (exact) mass is 773 g/mol. The van der Waals surface area contributed by atoms with Crippen molar-refractivity contribution in [3.05, 3.63) is 108 Å². The Bertz CT molecular complexity index is 1990. The molecule has 0 bridgehead atoms. The quantitative estimate of drug-likeness (QED) is 0.175. The molecule has 3 aromatic carbocycles. The van der Waals surface area contributed by atoms with Crippen molar-refractivity contribution in [2.75, 3.05) is 32.7 Å². The highest BCUT2D eigenvalue weighted by atomic mass is 16.2. The van der Waals surface area contributed by atoms with E-state index in [0.29, 0.717) is 25.6 Å². The zero-order valence-electron chi connectivity index (χ0n) is 32.6. The summed E-state index contributed by atoms with van der Waals surface area (Å²) in [7, 11) is 0. The lowest BCUT2D eigenvalue weighted by molar-refractivity contribution is -0.139. The molecule has 0 saturated carbocycles. The number of likely N-dealkylation sites (tertiary alicyclic amines) is 2. The number of aromatic nitrogens is 1. The average molecular weight is 774 g/mol. The average Bonchev–Trinajstić information content (AvgIpc) is 3.65. The van der Waals surface area contributed by atoms with Gasteiger partial charge < -0.3 is 36.1 Å². The first kappa shape index (κ1) is 39.7. The molecule has 1 aromatic heterocycles. The lowest BCUT2D eigenvalue weighted by atomic mass is 9.95. The van der Waals surface area contributed by atoms with Crippen molar-refractivity contribution in [1.29, 1.82) is 0 Å². The number of hydrogen-bond acceptors (Lipinski definition) is 6. The highest BCUT2D eigenvalue weighted by molar-refractivity contribution is 5.95. The van der Waals surface area contributed by atoms with Crippen LogP contribution in [-0.2, 0) is 43.2 Å². The van der Waals surface area contributed by atoms with E-state index in [1.54, 1.807) is 0 Å². The number of carbonyl (C=O) groups is 5. The highest BCUT2D eigenvalue weighted by Crippen LogP contribution is 2.24.